The van der Waals surface area contributed by atoms with Gasteiger partial charge in [0.25, 0.3) is 0 Å². The first-order chi connectivity index (χ1) is 5.70. The Labute approximate surface area is 71.0 Å². The highest BCUT2D eigenvalue weighted by Gasteiger charge is 2.17. The van der Waals surface area contributed by atoms with Gasteiger partial charge in [-0.15, -0.1) is 0 Å². The zero-order valence-electron chi connectivity index (χ0n) is 6.82. The summed E-state index contributed by atoms with van der Waals surface area (Å²) in [5.41, 5.74) is 4.88. The lowest BCUT2D eigenvalue weighted by Gasteiger charge is -2.11. The third-order valence-electron chi connectivity index (χ3n) is 1.78. The molecule has 0 aromatic heterocycles. The lowest BCUT2D eigenvalue weighted by molar-refractivity contribution is -0.127. The number of likely N-dealkylation sites (tertiary alicyclic amines) is 1. The number of carbonyl (C=O) groups is 2. The van der Waals surface area contributed by atoms with Crippen LogP contribution >= 0.6 is 0 Å². The SMILES string of the molecule is NC(=O)C=CCN1CCCC1=O. The quantitative estimate of drug-likeness (QED) is 0.585. The zero-order chi connectivity index (χ0) is 8.97. The van der Waals surface area contributed by atoms with Gasteiger partial charge in [-0.1, -0.05) is 6.08 Å². The average molecular weight is 168 g/mol. The molecule has 2 amide bonds. The molecule has 0 aromatic carbocycles. The monoisotopic (exact) mass is 168 g/mol. The molecule has 1 aliphatic rings. The fourth-order valence-electron chi connectivity index (χ4n) is 1.19. The second-order valence-corrected chi connectivity index (χ2v) is 2.75. The molecule has 1 saturated heterocycles. The third-order valence-corrected chi connectivity index (χ3v) is 1.78. The molecule has 0 aromatic rings. The van der Waals surface area contributed by atoms with E-state index in [0.29, 0.717) is 13.0 Å². The number of rotatable bonds is 3. The standard InChI is InChI=1S/C8H12N2O2/c9-7(11)3-1-5-10-6-2-4-8(10)12/h1,3H,2,4-6H2,(H2,9,11). The minimum Gasteiger partial charge on any atom is -0.366 e. The average Bonchev–Trinajstić information content (AvgIpc) is 2.36. The molecular formula is C8H12N2O2. The molecule has 0 aliphatic carbocycles. The van der Waals surface area contributed by atoms with Crippen LogP contribution in [0.2, 0.25) is 0 Å². The topological polar surface area (TPSA) is 63.4 Å². The second-order valence-electron chi connectivity index (χ2n) is 2.75. The predicted octanol–water partition coefficient (Wildman–Crippen LogP) is -0.350. The van der Waals surface area contributed by atoms with Crippen molar-refractivity contribution in [3.05, 3.63) is 12.2 Å². The Bertz CT molecular complexity index is 223. The number of primary amides is 1. The first-order valence-electron chi connectivity index (χ1n) is 3.94. The number of hydrogen-bond donors (Lipinski definition) is 1. The Morgan fingerprint density at radius 3 is 2.92 bits per heavy atom. The summed E-state index contributed by atoms with van der Waals surface area (Å²) >= 11 is 0. The van der Waals surface area contributed by atoms with Gasteiger partial charge in [-0.2, -0.15) is 0 Å². The van der Waals surface area contributed by atoms with Crippen LogP contribution in [0.1, 0.15) is 12.8 Å². The Morgan fingerprint density at radius 2 is 2.42 bits per heavy atom. The van der Waals surface area contributed by atoms with Crippen LogP contribution in [0.5, 0.6) is 0 Å². The Morgan fingerprint density at radius 1 is 1.67 bits per heavy atom. The van der Waals surface area contributed by atoms with Crippen LogP contribution in [0.4, 0.5) is 0 Å². The van der Waals surface area contributed by atoms with Crippen LogP contribution in [0.25, 0.3) is 0 Å². The van der Waals surface area contributed by atoms with Crippen molar-refractivity contribution in [3.63, 3.8) is 0 Å². The Hall–Kier alpha value is -1.32. The molecule has 2 N–H and O–H groups in total. The normalized spacial score (nSPS) is 17.7. The van der Waals surface area contributed by atoms with E-state index < -0.39 is 5.91 Å². The molecule has 0 bridgehead atoms. The molecule has 0 atom stereocenters. The highest BCUT2D eigenvalue weighted by atomic mass is 16.2. The lowest BCUT2D eigenvalue weighted by atomic mass is 10.4. The van der Waals surface area contributed by atoms with Crippen molar-refractivity contribution in [2.75, 3.05) is 13.1 Å². The van der Waals surface area contributed by atoms with E-state index in [0.717, 1.165) is 13.0 Å². The van der Waals surface area contributed by atoms with Crippen molar-refractivity contribution in [3.8, 4) is 0 Å². The second kappa shape index (κ2) is 3.90. The van der Waals surface area contributed by atoms with Crippen molar-refractivity contribution in [1.82, 2.24) is 4.90 Å². The zero-order valence-corrected chi connectivity index (χ0v) is 6.82. The van der Waals surface area contributed by atoms with Crippen LogP contribution in [-0.4, -0.2) is 29.8 Å². The van der Waals surface area contributed by atoms with Gasteiger partial charge >= 0.3 is 0 Å². The molecule has 1 rings (SSSR count). The number of hydrogen-bond acceptors (Lipinski definition) is 2. The number of nitrogens with zero attached hydrogens (tertiary/aromatic N) is 1. The van der Waals surface area contributed by atoms with Gasteiger partial charge in [-0.3, -0.25) is 9.59 Å². The first kappa shape index (κ1) is 8.77. The maximum atomic E-state index is 11.0. The van der Waals surface area contributed by atoms with Crippen LogP contribution in [0, 0.1) is 0 Å². The molecule has 66 valence electrons. The van der Waals surface area contributed by atoms with Gasteiger partial charge < -0.3 is 10.6 Å². The smallest absolute Gasteiger partial charge is 0.241 e. The summed E-state index contributed by atoms with van der Waals surface area (Å²) in [6, 6.07) is 0. The fraction of sp³-hybridized carbons (Fsp3) is 0.500. The summed E-state index contributed by atoms with van der Waals surface area (Å²) < 4.78 is 0. The summed E-state index contributed by atoms with van der Waals surface area (Å²) in [5, 5.41) is 0. The molecule has 4 heteroatoms. The molecule has 0 spiro atoms. The van der Waals surface area contributed by atoms with E-state index in [9.17, 15) is 9.59 Å². The summed E-state index contributed by atoms with van der Waals surface area (Å²) in [5.74, 6) is -0.314. The summed E-state index contributed by atoms with van der Waals surface area (Å²) in [7, 11) is 0. The van der Waals surface area contributed by atoms with Crippen molar-refractivity contribution in [1.29, 1.82) is 0 Å². The molecule has 4 nitrogen and oxygen atoms in total. The van der Waals surface area contributed by atoms with Gasteiger partial charge in [0.05, 0.1) is 0 Å². The van der Waals surface area contributed by atoms with Crippen LogP contribution < -0.4 is 5.73 Å². The third kappa shape index (κ3) is 2.38. The maximum Gasteiger partial charge on any atom is 0.241 e. The fourth-order valence-corrected chi connectivity index (χ4v) is 1.19. The van der Waals surface area contributed by atoms with Gasteiger partial charge in [-0.25, -0.2) is 0 Å². The van der Waals surface area contributed by atoms with E-state index in [1.807, 2.05) is 0 Å². The van der Waals surface area contributed by atoms with Crippen molar-refractivity contribution >= 4 is 11.8 Å². The summed E-state index contributed by atoms with van der Waals surface area (Å²) in [4.78, 5) is 23.0. The predicted molar refractivity (Wildman–Crippen MR) is 44.1 cm³/mol. The van der Waals surface area contributed by atoms with Gasteiger partial charge in [-0.05, 0) is 6.42 Å². The van der Waals surface area contributed by atoms with E-state index >= 15 is 0 Å². The van der Waals surface area contributed by atoms with E-state index in [1.165, 1.54) is 6.08 Å². The number of nitrogens with two attached hydrogens (primary N) is 1. The number of amides is 2. The van der Waals surface area contributed by atoms with E-state index in [-0.39, 0.29) is 5.91 Å². The maximum absolute atomic E-state index is 11.0. The molecule has 12 heavy (non-hydrogen) atoms. The minimum atomic E-state index is -0.471. The molecule has 1 heterocycles. The van der Waals surface area contributed by atoms with E-state index in [1.54, 1.807) is 11.0 Å². The first-order valence-corrected chi connectivity index (χ1v) is 3.94. The molecule has 0 saturated carbocycles. The van der Waals surface area contributed by atoms with Crippen molar-refractivity contribution in [2.24, 2.45) is 5.73 Å². The largest absolute Gasteiger partial charge is 0.366 e. The Kier molecular flexibility index (Phi) is 2.85. The van der Waals surface area contributed by atoms with E-state index in [2.05, 4.69) is 0 Å². The van der Waals surface area contributed by atoms with Gasteiger partial charge in [0.15, 0.2) is 0 Å². The molecule has 1 aliphatic heterocycles. The van der Waals surface area contributed by atoms with Crippen LogP contribution in [0.15, 0.2) is 12.2 Å². The van der Waals surface area contributed by atoms with Crippen LogP contribution in [0.3, 0.4) is 0 Å². The molecule has 1 fully saturated rings. The number of carbonyl (C=O) groups excluding carboxylic acids is 2. The van der Waals surface area contributed by atoms with Crippen molar-refractivity contribution < 1.29 is 9.59 Å². The Balaban J connectivity index is 2.31. The highest BCUT2D eigenvalue weighted by Crippen LogP contribution is 2.08. The van der Waals surface area contributed by atoms with Crippen LogP contribution in [-0.2, 0) is 9.59 Å². The minimum absolute atomic E-state index is 0.157. The van der Waals surface area contributed by atoms with Gasteiger partial charge in [0, 0.05) is 25.6 Å². The molecule has 0 unspecified atom stereocenters. The van der Waals surface area contributed by atoms with Crippen molar-refractivity contribution in [2.45, 2.75) is 12.8 Å². The highest BCUT2D eigenvalue weighted by molar-refractivity contribution is 5.85. The van der Waals surface area contributed by atoms with Gasteiger partial charge in [0.1, 0.15) is 0 Å². The van der Waals surface area contributed by atoms with E-state index in [4.69, 9.17) is 5.73 Å². The lowest BCUT2D eigenvalue weighted by Crippen LogP contribution is -2.24. The molecular weight excluding hydrogens is 156 g/mol. The summed E-state index contributed by atoms with van der Waals surface area (Å²) in [6.45, 7) is 1.30. The molecule has 0 radical (unpaired) electrons. The van der Waals surface area contributed by atoms with Gasteiger partial charge in [0.2, 0.25) is 11.8 Å². The summed E-state index contributed by atoms with van der Waals surface area (Å²) in [6.07, 6.45) is 4.45.